The Morgan fingerprint density at radius 1 is 1.40 bits per heavy atom. The highest BCUT2D eigenvalue weighted by Gasteiger charge is 2.50. The highest BCUT2D eigenvalue weighted by molar-refractivity contribution is 6.31. The summed E-state index contributed by atoms with van der Waals surface area (Å²) in [5, 5.41) is -0.755. The summed E-state index contributed by atoms with van der Waals surface area (Å²) >= 11 is 5.84. The summed E-state index contributed by atoms with van der Waals surface area (Å²) in [6.07, 6.45) is -0.0667. The normalized spacial score (nSPS) is 22.5. The highest BCUT2D eigenvalue weighted by atomic mass is 35.5. The van der Waals surface area contributed by atoms with Crippen LogP contribution in [0.4, 0.5) is 4.79 Å². The summed E-state index contributed by atoms with van der Waals surface area (Å²) in [5.74, 6) is -0.414. The Morgan fingerprint density at radius 2 is 2.00 bits per heavy atom. The number of alkyl halides is 1. The maximum atomic E-state index is 12.1. The van der Waals surface area contributed by atoms with Crippen molar-refractivity contribution in [2.45, 2.75) is 44.2 Å². The smallest absolute Gasteiger partial charge is 0.417 e. The molecule has 20 heavy (non-hydrogen) atoms. The van der Waals surface area contributed by atoms with Crippen molar-refractivity contribution in [3.8, 4) is 0 Å². The molecule has 1 saturated heterocycles. The van der Waals surface area contributed by atoms with Crippen LogP contribution in [0.15, 0.2) is 30.3 Å². The summed E-state index contributed by atoms with van der Waals surface area (Å²) in [7, 11) is 0. The molecule has 1 unspecified atom stereocenters. The molecule has 0 radical (unpaired) electrons. The molecule has 2 atom stereocenters. The van der Waals surface area contributed by atoms with Gasteiger partial charge < -0.3 is 4.74 Å². The van der Waals surface area contributed by atoms with Crippen molar-refractivity contribution in [3.63, 3.8) is 0 Å². The number of rotatable bonds is 3. The highest BCUT2D eigenvalue weighted by Crippen LogP contribution is 2.32. The maximum Gasteiger partial charge on any atom is 0.417 e. The van der Waals surface area contributed by atoms with Crippen molar-refractivity contribution in [1.82, 2.24) is 4.90 Å². The molecular formula is C15H18ClNO3. The van der Waals surface area contributed by atoms with Crippen molar-refractivity contribution >= 4 is 23.6 Å². The molecular weight excluding hydrogens is 278 g/mol. The molecule has 0 aromatic heterocycles. The van der Waals surface area contributed by atoms with Gasteiger partial charge in [-0.1, -0.05) is 30.3 Å². The Balaban J connectivity index is 2.30. The first kappa shape index (κ1) is 14.9. The van der Waals surface area contributed by atoms with Crippen LogP contribution >= 0.6 is 11.6 Å². The second-order valence-electron chi connectivity index (χ2n) is 5.50. The van der Waals surface area contributed by atoms with Crippen molar-refractivity contribution in [3.05, 3.63) is 35.9 Å². The Morgan fingerprint density at radius 3 is 2.55 bits per heavy atom. The van der Waals surface area contributed by atoms with Gasteiger partial charge >= 0.3 is 6.09 Å². The predicted molar refractivity (Wildman–Crippen MR) is 76.7 cm³/mol. The number of imide groups is 1. The van der Waals surface area contributed by atoms with Gasteiger partial charge in [0, 0.05) is 0 Å². The zero-order valence-corrected chi connectivity index (χ0v) is 12.6. The molecule has 0 spiro atoms. The average molecular weight is 296 g/mol. The van der Waals surface area contributed by atoms with E-state index in [1.807, 2.05) is 44.2 Å². The number of halogens is 1. The number of nitrogens with zero attached hydrogens (tertiary/aromatic N) is 1. The molecule has 0 bridgehead atoms. The standard InChI is InChI=1S/C15H18ClNO3/c1-10(16)13(18)17-12(15(2,3)20-14(17)19)9-11-7-5-4-6-8-11/h4-8,10,12H,9H2,1-3H3/t10?,12-/m0/s1. The number of cyclic esters (lactones) is 1. The van der Waals surface area contributed by atoms with Gasteiger partial charge in [-0.25, -0.2) is 9.69 Å². The van der Waals surface area contributed by atoms with E-state index in [0.717, 1.165) is 10.5 Å². The molecule has 2 amide bonds. The van der Waals surface area contributed by atoms with Gasteiger partial charge in [0.1, 0.15) is 11.0 Å². The molecule has 1 aromatic carbocycles. The zero-order valence-electron chi connectivity index (χ0n) is 11.8. The van der Waals surface area contributed by atoms with Crippen LogP contribution in [0, 0.1) is 0 Å². The van der Waals surface area contributed by atoms with Crippen LogP contribution in [-0.2, 0) is 16.0 Å². The third-order valence-electron chi connectivity index (χ3n) is 3.51. The topological polar surface area (TPSA) is 46.6 Å². The van der Waals surface area contributed by atoms with Gasteiger partial charge in [0.25, 0.3) is 0 Å². The van der Waals surface area contributed by atoms with E-state index in [9.17, 15) is 9.59 Å². The van der Waals surface area contributed by atoms with Gasteiger partial charge in [-0.3, -0.25) is 4.79 Å². The van der Waals surface area contributed by atoms with Crippen molar-refractivity contribution in [1.29, 1.82) is 0 Å². The molecule has 0 aliphatic carbocycles. The third kappa shape index (κ3) is 2.80. The van der Waals surface area contributed by atoms with Crippen LogP contribution in [0.2, 0.25) is 0 Å². The van der Waals surface area contributed by atoms with E-state index >= 15 is 0 Å². The van der Waals surface area contributed by atoms with Gasteiger partial charge in [0.05, 0.1) is 6.04 Å². The number of ether oxygens (including phenoxy) is 1. The van der Waals surface area contributed by atoms with Gasteiger partial charge in [-0.2, -0.15) is 0 Å². The number of amides is 2. The quantitative estimate of drug-likeness (QED) is 0.805. The molecule has 1 fully saturated rings. The van der Waals surface area contributed by atoms with E-state index in [-0.39, 0.29) is 6.04 Å². The molecule has 2 rings (SSSR count). The fraction of sp³-hybridized carbons (Fsp3) is 0.467. The van der Waals surface area contributed by atoms with E-state index in [4.69, 9.17) is 16.3 Å². The predicted octanol–water partition coefficient (Wildman–Crippen LogP) is 2.98. The number of benzene rings is 1. The largest absolute Gasteiger partial charge is 0.441 e. The van der Waals surface area contributed by atoms with Crippen LogP contribution in [0.5, 0.6) is 0 Å². The van der Waals surface area contributed by atoms with Crippen LogP contribution in [0.25, 0.3) is 0 Å². The van der Waals surface area contributed by atoms with Crippen molar-refractivity contribution in [2.24, 2.45) is 0 Å². The first-order valence-electron chi connectivity index (χ1n) is 6.57. The molecule has 5 heteroatoms. The second kappa shape index (κ2) is 5.44. The molecule has 1 heterocycles. The summed E-state index contributed by atoms with van der Waals surface area (Å²) in [4.78, 5) is 25.3. The summed E-state index contributed by atoms with van der Waals surface area (Å²) in [6, 6.07) is 9.35. The maximum absolute atomic E-state index is 12.1. The Bertz CT molecular complexity index is 513. The summed E-state index contributed by atoms with van der Waals surface area (Å²) in [6.45, 7) is 5.18. The summed E-state index contributed by atoms with van der Waals surface area (Å²) in [5.41, 5.74) is 0.317. The number of hydrogen-bond acceptors (Lipinski definition) is 3. The molecule has 4 nitrogen and oxygen atoms in total. The second-order valence-corrected chi connectivity index (χ2v) is 6.16. The Kier molecular flexibility index (Phi) is 4.04. The minimum Gasteiger partial charge on any atom is -0.441 e. The van der Waals surface area contributed by atoms with Crippen molar-refractivity contribution in [2.75, 3.05) is 0 Å². The van der Waals surface area contributed by atoms with Gasteiger partial charge in [-0.05, 0) is 32.8 Å². The van der Waals surface area contributed by atoms with Crippen LogP contribution in [0.1, 0.15) is 26.3 Å². The lowest BCUT2D eigenvalue weighted by atomic mass is 9.92. The van der Waals surface area contributed by atoms with Crippen LogP contribution in [-0.4, -0.2) is 33.9 Å². The van der Waals surface area contributed by atoms with Gasteiger partial charge in [-0.15, -0.1) is 11.6 Å². The molecule has 108 valence electrons. The average Bonchev–Trinajstić information content (AvgIpc) is 2.59. The fourth-order valence-electron chi connectivity index (χ4n) is 2.39. The van der Waals surface area contributed by atoms with Crippen LogP contribution in [0.3, 0.4) is 0 Å². The molecule has 1 aliphatic rings. The van der Waals surface area contributed by atoms with E-state index in [2.05, 4.69) is 0 Å². The molecule has 1 aliphatic heterocycles. The summed E-state index contributed by atoms with van der Waals surface area (Å²) < 4.78 is 5.32. The van der Waals surface area contributed by atoms with E-state index < -0.39 is 23.0 Å². The molecule has 0 N–H and O–H groups in total. The minimum atomic E-state index is -0.755. The Hall–Kier alpha value is -1.55. The van der Waals surface area contributed by atoms with Gasteiger partial charge in [0.15, 0.2) is 0 Å². The molecule has 0 saturated carbocycles. The number of carbonyl (C=O) groups is 2. The molecule has 1 aromatic rings. The monoisotopic (exact) mass is 295 g/mol. The lowest BCUT2D eigenvalue weighted by Gasteiger charge is -2.28. The zero-order chi connectivity index (χ0) is 14.9. The fourth-order valence-corrected chi connectivity index (χ4v) is 2.50. The van der Waals surface area contributed by atoms with Crippen LogP contribution < -0.4 is 0 Å². The first-order chi connectivity index (χ1) is 9.33. The first-order valence-corrected chi connectivity index (χ1v) is 7.00. The Labute approximate surface area is 123 Å². The van der Waals surface area contributed by atoms with E-state index in [1.54, 1.807) is 6.92 Å². The lowest BCUT2D eigenvalue weighted by molar-refractivity contribution is -0.129. The number of hydrogen-bond donors (Lipinski definition) is 0. The van der Waals surface area contributed by atoms with E-state index in [1.165, 1.54) is 0 Å². The lowest BCUT2D eigenvalue weighted by Crippen LogP contribution is -2.48. The third-order valence-corrected chi connectivity index (χ3v) is 3.70. The van der Waals surface area contributed by atoms with E-state index in [0.29, 0.717) is 6.42 Å². The van der Waals surface area contributed by atoms with Crippen molar-refractivity contribution < 1.29 is 14.3 Å². The minimum absolute atomic E-state index is 0.355. The SMILES string of the molecule is CC(Cl)C(=O)N1C(=O)OC(C)(C)[C@@H]1Cc1ccccc1. The van der Waals surface area contributed by atoms with Gasteiger partial charge in [0.2, 0.25) is 5.91 Å². The number of carbonyl (C=O) groups excluding carboxylic acids is 2.